The van der Waals surface area contributed by atoms with E-state index in [0.717, 1.165) is 35.5 Å². The molecule has 3 N–H and O–H groups in total. The van der Waals surface area contributed by atoms with Crippen molar-refractivity contribution in [1.29, 1.82) is 0 Å². The Kier molecular flexibility index (Phi) is 5.91. The first-order chi connectivity index (χ1) is 15.2. The minimum atomic E-state index is -3.80. The zero-order valence-electron chi connectivity index (χ0n) is 17.3. The third kappa shape index (κ3) is 4.19. The molecular weight excluding hydrogens is 454 g/mol. The zero-order valence-corrected chi connectivity index (χ0v) is 19.0. The molecule has 1 saturated carbocycles. The second-order valence-corrected chi connectivity index (χ2v) is 10.5. The Morgan fingerprint density at radius 2 is 2.03 bits per heavy atom. The van der Waals surface area contributed by atoms with Gasteiger partial charge in [-0.05, 0) is 43.0 Å². The number of rotatable bonds is 6. The number of carbonyl (C=O) groups excluding carboxylic acids is 3. The molecule has 2 aliphatic rings. The van der Waals surface area contributed by atoms with Crippen molar-refractivity contribution in [3.63, 3.8) is 0 Å². The molecule has 1 aromatic heterocycles. The van der Waals surface area contributed by atoms with Crippen LogP contribution < -0.4 is 15.4 Å². The fourth-order valence-electron chi connectivity index (χ4n) is 4.15. The van der Waals surface area contributed by atoms with Crippen molar-refractivity contribution in [1.82, 2.24) is 15.2 Å². The number of hydrogen-bond acceptors (Lipinski definition) is 7. The molecule has 32 heavy (non-hydrogen) atoms. The van der Waals surface area contributed by atoms with E-state index in [9.17, 15) is 22.8 Å². The number of aromatic nitrogens is 1. The Morgan fingerprint density at radius 3 is 2.69 bits per heavy atom. The van der Waals surface area contributed by atoms with E-state index in [1.165, 1.54) is 30.5 Å². The summed E-state index contributed by atoms with van der Waals surface area (Å²) in [6.45, 7) is 1.53. The molecule has 0 unspecified atom stereocenters. The van der Waals surface area contributed by atoms with Crippen LogP contribution in [-0.4, -0.2) is 48.2 Å². The van der Waals surface area contributed by atoms with Crippen molar-refractivity contribution in [3.8, 4) is 0 Å². The van der Waals surface area contributed by atoms with Gasteiger partial charge in [-0.3, -0.25) is 19.2 Å². The molecule has 1 aromatic carbocycles. The number of imide groups is 1. The van der Waals surface area contributed by atoms with Gasteiger partial charge in [0, 0.05) is 17.3 Å². The van der Waals surface area contributed by atoms with E-state index in [4.69, 9.17) is 0 Å². The van der Waals surface area contributed by atoms with Crippen molar-refractivity contribution in [2.45, 2.75) is 43.0 Å². The van der Waals surface area contributed by atoms with E-state index in [1.807, 2.05) is 6.92 Å². The van der Waals surface area contributed by atoms with Crippen LogP contribution in [0.25, 0.3) is 0 Å². The molecule has 2 fully saturated rings. The first-order valence-electron chi connectivity index (χ1n) is 10.2. The highest BCUT2D eigenvalue weighted by atomic mass is 32.2. The van der Waals surface area contributed by atoms with E-state index >= 15 is 0 Å². The molecule has 4 rings (SSSR count). The average molecular weight is 478 g/mol. The van der Waals surface area contributed by atoms with Gasteiger partial charge < -0.3 is 10.6 Å². The Labute approximate surface area is 189 Å². The lowest BCUT2D eigenvalue weighted by Gasteiger charge is -2.36. The smallest absolute Gasteiger partial charge is 0.325 e. The summed E-state index contributed by atoms with van der Waals surface area (Å²) >= 11 is 1.16. The van der Waals surface area contributed by atoms with E-state index < -0.39 is 34.0 Å². The number of nitrogens with one attached hydrogen (secondary N) is 3. The van der Waals surface area contributed by atoms with Crippen LogP contribution in [0.1, 0.15) is 32.6 Å². The topological polar surface area (TPSA) is 138 Å². The van der Waals surface area contributed by atoms with Gasteiger partial charge in [-0.1, -0.05) is 19.8 Å². The van der Waals surface area contributed by atoms with Crippen molar-refractivity contribution >= 4 is 50.0 Å². The SMILES string of the molecule is C[C@@H]1CCCC[C@@]12NC(=O)N(CC(=O)Nc1ccc(S(=O)(=O)Nc3nccs3)cc1)C2=O. The lowest BCUT2D eigenvalue weighted by Crippen LogP contribution is -2.54. The molecule has 2 heterocycles. The molecule has 170 valence electrons. The second kappa shape index (κ2) is 8.51. The summed E-state index contributed by atoms with van der Waals surface area (Å²) in [4.78, 5) is 42.7. The quantitative estimate of drug-likeness (QED) is 0.546. The van der Waals surface area contributed by atoms with Crippen LogP contribution in [0, 0.1) is 5.92 Å². The van der Waals surface area contributed by atoms with Crippen LogP contribution in [0.4, 0.5) is 15.6 Å². The highest BCUT2D eigenvalue weighted by Gasteiger charge is 2.55. The maximum absolute atomic E-state index is 13.0. The van der Waals surface area contributed by atoms with Gasteiger partial charge >= 0.3 is 6.03 Å². The molecule has 1 aliphatic heterocycles. The summed E-state index contributed by atoms with van der Waals surface area (Å²) in [5, 5.41) is 7.31. The predicted octanol–water partition coefficient (Wildman–Crippen LogP) is 2.38. The summed E-state index contributed by atoms with van der Waals surface area (Å²) in [6.07, 6.45) is 4.77. The van der Waals surface area contributed by atoms with E-state index in [2.05, 4.69) is 20.3 Å². The van der Waals surface area contributed by atoms with Crippen molar-refractivity contribution < 1.29 is 22.8 Å². The second-order valence-electron chi connectivity index (χ2n) is 7.95. The van der Waals surface area contributed by atoms with Gasteiger partial charge in [0.05, 0.1) is 4.90 Å². The predicted molar refractivity (Wildman–Crippen MR) is 119 cm³/mol. The van der Waals surface area contributed by atoms with Gasteiger partial charge in [0.1, 0.15) is 12.1 Å². The number of thiazole rings is 1. The number of benzene rings is 1. The lowest BCUT2D eigenvalue weighted by atomic mass is 9.73. The first-order valence-corrected chi connectivity index (χ1v) is 12.5. The summed E-state index contributed by atoms with van der Waals surface area (Å²) < 4.78 is 27.1. The molecule has 0 bridgehead atoms. The molecule has 1 spiro atoms. The summed E-state index contributed by atoms with van der Waals surface area (Å²) in [7, 11) is -3.80. The summed E-state index contributed by atoms with van der Waals surface area (Å²) in [5.74, 6) is -0.904. The highest BCUT2D eigenvalue weighted by Crippen LogP contribution is 2.38. The standard InChI is InChI=1S/C20H23N5O5S2/c1-13-4-2-3-9-20(13)17(27)25(19(28)23-20)12-16(26)22-14-5-7-15(8-6-14)32(29,30)24-18-21-10-11-31-18/h5-8,10-11,13H,2-4,9,12H2,1H3,(H,21,24)(H,22,26)(H,23,28)/t13-,20-/m1/s1. The molecule has 2 atom stereocenters. The minimum absolute atomic E-state index is 0.00743. The normalized spacial score (nSPS) is 23.3. The van der Waals surface area contributed by atoms with Gasteiger partial charge in [0.15, 0.2) is 5.13 Å². The molecule has 1 aliphatic carbocycles. The van der Waals surface area contributed by atoms with E-state index in [-0.39, 0.29) is 21.9 Å². The molecule has 2 aromatic rings. The number of carbonyl (C=O) groups is 3. The summed E-state index contributed by atoms with van der Waals surface area (Å²) in [6, 6.07) is 5.00. The molecular formula is C20H23N5O5S2. The van der Waals surface area contributed by atoms with Crippen LogP contribution in [0.15, 0.2) is 40.7 Å². The first kappa shape index (κ1) is 22.2. The largest absolute Gasteiger partial charge is 0.325 e. The Hall–Kier alpha value is -2.99. The Morgan fingerprint density at radius 1 is 1.28 bits per heavy atom. The summed E-state index contributed by atoms with van der Waals surface area (Å²) in [5.41, 5.74) is -0.577. The van der Waals surface area contributed by atoms with Crippen LogP contribution in [-0.2, 0) is 19.6 Å². The highest BCUT2D eigenvalue weighted by molar-refractivity contribution is 7.93. The lowest BCUT2D eigenvalue weighted by molar-refractivity contribution is -0.136. The third-order valence-electron chi connectivity index (χ3n) is 5.91. The fourth-order valence-corrected chi connectivity index (χ4v) is 5.94. The number of urea groups is 1. The molecule has 10 nitrogen and oxygen atoms in total. The Balaban J connectivity index is 1.39. The maximum Gasteiger partial charge on any atom is 0.325 e. The number of nitrogens with zero attached hydrogens (tertiary/aromatic N) is 2. The van der Waals surface area contributed by atoms with Crippen LogP contribution >= 0.6 is 11.3 Å². The average Bonchev–Trinajstić information content (AvgIpc) is 3.33. The van der Waals surface area contributed by atoms with Gasteiger partial charge in [-0.25, -0.2) is 18.2 Å². The molecule has 0 radical (unpaired) electrons. The van der Waals surface area contributed by atoms with Crippen molar-refractivity contribution in [3.05, 3.63) is 35.8 Å². The van der Waals surface area contributed by atoms with E-state index in [1.54, 1.807) is 5.38 Å². The minimum Gasteiger partial charge on any atom is -0.325 e. The molecule has 12 heteroatoms. The molecule has 4 amide bonds. The van der Waals surface area contributed by atoms with Gasteiger partial charge in [-0.15, -0.1) is 11.3 Å². The number of hydrogen-bond donors (Lipinski definition) is 3. The van der Waals surface area contributed by atoms with Crippen molar-refractivity contribution in [2.24, 2.45) is 5.92 Å². The third-order valence-corrected chi connectivity index (χ3v) is 8.08. The Bertz CT molecular complexity index is 1130. The monoisotopic (exact) mass is 477 g/mol. The van der Waals surface area contributed by atoms with E-state index in [0.29, 0.717) is 12.1 Å². The number of amides is 4. The van der Waals surface area contributed by atoms with Gasteiger partial charge in [0.25, 0.3) is 15.9 Å². The zero-order chi connectivity index (χ0) is 22.9. The molecule has 1 saturated heterocycles. The van der Waals surface area contributed by atoms with Crippen LogP contribution in [0.2, 0.25) is 0 Å². The number of anilines is 2. The van der Waals surface area contributed by atoms with Crippen LogP contribution in [0.3, 0.4) is 0 Å². The van der Waals surface area contributed by atoms with Crippen molar-refractivity contribution in [2.75, 3.05) is 16.6 Å². The fraction of sp³-hybridized carbons (Fsp3) is 0.400. The van der Waals surface area contributed by atoms with Crippen LogP contribution in [0.5, 0.6) is 0 Å². The van der Waals surface area contributed by atoms with Gasteiger partial charge in [0.2, 0.25) is 5.91 Å². The number of sulfonamides is 1. The van der Waals surface area contributed by atoms with Gasteiger partial charge in [-0.2, -0.15) is 0 Å². The maximum atomic E-state index is 13.0.